The van der Waals surface area contributed by atoms with Crippen LogP contribution >= 0.6 is 0 Å². The molecule has 0 aromatic heterocycles. The minimum Gasteiger partial charge on any atom is -0.493 e. The van der Waals surface area contributed by atoms with Crippen molar-refractivity contribution in [2.75, 3.05) is 14.2 Å². The van der Waals surface area contributed by atoms with Crippen molar-refractivity contribution in [1.82, 2.24) is 0 Å². The summed E-state index contributed by atoms with van der Waals surface area (Å²) in [5.41, 5.74) is 0.244. The van der Waals surface area contributed by atoms with Crippen LogP contribution in [0, 0.1) is 12.5 Å². The van der Waals surface area contributed by atoms with Crippen molar-refractivity contribution >= 4 is 5.97 Å². The quantitative estimate of drug-likeness (QED) is 0.576. The lowest BCUT2D eigenvalue weighted by Gasteiger charge is -2.11. The Morgan fingerprint density at radius 1 is 1.22 bits per heavy atom. The molecule has 0 bridgehead atoms. The third kappa shape index (κ3) is 3.63. The van der Waals surface area contributed by atoms with Gasteiger partial charge in [-0.15, -0.1) is 0 Å². The Morgan fingerprint density at radius 2 is 1.94 bits per heavy atom. The molecule has 1 aromatic carbocycles. The zero-order chi connectivity index (χ0) is 13.5. The van der Waals surface area contributed by atoms with E-state index in [0.717, 1.165) is 0 Å². The van der Waals surface area contributed by atoms with E-state index in [4.69, 9.17) is 14.4 Å². The summed E-state index contributed by atoms with van der Waals surface area (Å²) in [6.07, 6.45) is 0. The molecule has 0 saturated heterocycles. The smallest absolute Gasteiger partial charge is 0.376 e. The highest BCUT2D eigenvalue weighted by molar-refractivity contribution is 5.93. The second-order valence-electron chi connectivity index (χ2n) is 3.89. The first-order chi connectivity index (χ1) is 8.60. The molecule has 0 fully saturated rings. The van der Waals surface area contributed by atoms with Crippen molar-refractivity contribution < 1.29 is 24.0 Å². The van der Waals surface area contributed by atoms with Gasteiger partial charge in [0.15, 0.2) is 11.5 Å². The fourth-order valence-electron chi connectivity index (χ4n) is 1.28. The molecule has 0 N–H and O–H groups in total. The number of para-hydroxylation sites is 1. The highest BCUT2D eigenvalue weighted by atomic mass is 17.2. The van der Waals surface area contributed by atoms with Crippen molar-refractivity contribution in [1.29, 1.82) is 0 Å². The zero-order valence-corrected chi connectivity index (χ0v) is 10.9. The number of methoxy groups -OCH3 is 2. The molecular formula is C13H17O5. The molecule has 0 aliphatic heterocycles. The molecule has 0 aliphatic carbocycles. The third-order valence-electron chi connectivity index (χ3n) is 2.07. The minimum absolute atomic E-state index is 0.157. The molecule has 0 heterocycles. The molecule has 1 aromatic rings. The maximum Gasteiger partial charge on any atom is 0.376 e. The van der Waals surface area contributed by atoms with E-state index in [1.54, 1.807) is 18.2 Å². The zero-order valence-electron chi connectivity index (χ0n) is 10.9. The van der Waals surface area contributed by atoms with Crippen molar-refractivity contribution in [3.63, 3.8) is 0 Å². The van der Waals surface area contributed by atoms with E-state index in [0.29, 0.717) is 11.5 Å². The second kappa shape index (κ2) is 6.86. The summed E-state index contributed by atoms with van der Waals surface area (Å²) in [7, 11) is 2.95. The van der Waals surface area contributed by atoms with Crippen LogP contribution in [0.15, 0.2) is 18.2 Å². The van der Waals surface area contributed by atoms with Gasteiger partial charge in [0.1, 0.15) is 12.2 Å². The Labute approximate surface area is 107 Å². The standard InChI is InChI=1S/C13H17O5/c1-9(2)8-17-18-13(14)10-6-5-7-11(15-3)12(10)16-4/h5-9H,1-4H3. The number of benzene rings is 1. The maximum atomic E-state index is 11.8. The summed E-state index contributed by atoms with van der Waals surface area (Å²) >= 11 is 0. The Kier molecular flexibility index (Phi) is 5.45. The van der Waals surface area contributed by atoms with E-state index < -0.39 is 5.97 Å². The van der Waals surface area contributed by atoms with E-state index in [2.05, 4.69) is 4.89 Å². The average Bonchev–Trinajstić information content (AvgIpc) is 2.36. The number of ether oxygens (including phenoxy) is 2. The van der Waals surface area contributed by atoms with Gasteiger partial charge in [-0.2, -0.15) is 4.89 Å². The van der Waals surface area contributed by atoms with E-state index in [1.165, 1.54) is 20.8 Å². The molecule has 0 saturated carbocycles. The lowest BCUT2D eigenvalue weighted by atomic mass is 10.2. The Morgan fingerprint density at radius 3 is 2.50 bits per heavy atom. The first-order valence-electron chi connectivity index (χ1n) is 5.52. The molecule has 5 heteroatoms. The first kappa shape index (κ1) is 14.3. The number of carbonyl (C=O) groups excluding carboxylic acids is 1. The van der Waals surface area contributed by atoms with Crippen LogP contribution in [0.4, 0.5) is 0 Å². The van der Waals surface area contributed by atoms with Crippen LogP contribution in [0.1, 0.15) is 24.2 Å². The van der Waals surface area contributed by atoms with Gasteiger partial charge in [0.2, 0.25) is 0 Å². The van der Waals surface area contributed by atoms with Crippen LogP contribution in [0.2, 0.25) is 0 Å². The second-order valence-corrected chi connectivity index (χ2v) is 3.89. The predicted octanol–water partition coefficient (Wildman–Crippen LogP) is 2.61. The van der Waals surface area contributed by atoms with E-state index in [9.17, 15) is 4.79 Å². The maximum absolute atomic E-state index is 11.8. The molecular weight excluding hydrogens is 236 g/mol. The normalized spacial score (nSPS) is 10.3. The summed E-state index contributed by atoms with van der Waals surface area (Å²) in [6, 6.07) is 4.93. The number of hydrogen-bond donors (Lipinski definition) is 0. The van der Waals surface area contributed by atoms with Gasteiger partial charge < -0.3 is 9.47 Å². The van der Waals surface area contributed by atoms with Gasteiger partial charge in [-0.3, -0.25) is 4.89 Å². The molecule has 1 rings (SSSR count). The summed E-state index contributed by atoms with van der Waals surface area (Å²) < 4.78 is 10.2. The fourth-order valence-corrected chi connectivity index (χ4v) is 1.28. The Bertz CT molecular complexity index is 400. The van der Waals surface area contributed by atoms with Crippen molar-refractivity contribution in [2.24, 2.45) is 5.92 Å². The number of rotatable bonds is 6. The number of carbonyl (C=O) groups is 1. The van der Waals surface area contributed by atoms with Gasteiger partial charge in [-0.1, -0.05) is 19.9 Å². The lowest BCUT2D eigenvalue weighted by molar-refractivity contribution is -0.217. The lowest BCUT2D eigenvalue weighted by Crippen LogP contribution is -2.09. The van der Waals surface area contributed by atoms with Crippen LogP contribution in [0.3, 0.4) is 0 Å². The summed E-state index contributed by atoms with van der Waals surface area (Å²) in [4.78, 5) is 21.1. The number of hydrogen-bond acceptors (Lipinski definition) is 5. The van der Waals surface area contributed by atoms with E-state index >= 15 is 0 Å². The van der Waals surface area contributed by atoms with Gasteiger partial charge in [0, 0.05) is 0 Å². The minimum atomic E-state index is -0.636. The van der Waals surface area contributed by atoms with Crippen LogP contribution in [0.25, 0.3) is 0 Å². The van der Waals surface area contributed by atoms with Crippen LogP contribution < -0.4 is 9.47 Å². The summed E-state index contributed by atoms with van der Waals surface area (Å²) in [6.45, 7) is 5.23. The first-order valence-corrected chi connectivity index (χ1v) is 5.52. The van der Waals surface area contributed by atoms with Crippen LogP contribution in [-0.2, 0) is 9.78 Å². The van der Waals surface area contributed by atoms with Crippen molar-refractivity contribution in [3.8, 4) is 11.5 Å². The molecule has 99 valence electrons. The Hall–Kier alpha value is -1.75. The molecule has 0 atom stereocenters. The van der Waals surface area contributed by atoms with Gasteiger partial charge >= 0.3 is 5.97 Å². The van der Waals surface area contributed by atoms with E-state index in [-0.39, 0.29) is 11.5 Å². The summed E-state index contributed by atoms with van der Waals surface area (Å²) in [5.74, 6) is 0.297. The van der Waals surface area contributed by atoms with Crippen molar-refractivity contribution in [3.05, 3.63) is 30.4 Å². The van der Waals surface area contributed by atoms with Crippen molar-refractivity contribution in [2.45, 2.75) is 13.8 Å². The highest BCUT2D eigenvalue weighted by Crippen LogP contribution is 2.31. The third-order valence-corrected chi connectivity index (χ3v) is 2.07. The predicted molar refractivity (Wildman–Crippen MR) is 65.2 cm³/mol. The molecule has 18 heavy (non-hydrogen) atoms. The van der Waals surface area contributed by atoms with Gasteiger partial charge in [-0.05, 0) is 18.1 Å². The topological polar surface area (TPSA) is 54.0 Å². The van der Waals surface area contributed by atoms with Gasteiger partial charge in [0.05, 0.1) is 14.2 Å². The van der Waals surface area contributed by atoms with Gasteiger partial charge in [-0.25, -0.2) is 4.79 Å². The Balaban J connectivity index is 2.79. The van der Waals surface area contributed by atoms with Gasteiger partial charge in [0.25, 0.3) is 0 Å². The molecule has 1 radical (unpaired) electrons. The molecule has 0 spiro atoms. The molecule has 0 unspecified atom stereocenters. The van der Waals surface area contributed by atoms with Crippen LogP contribution in [-0.4, -0.2) is 20.2 Å². The monoisotopic (exact) mass is 253 g/mol. The average molecular weight is 253 g/mol. The van der Waals surface area contributed by atoms with E-state index in [1.807, 2.05) is 13.8 Å². The molecule has 0 amide bonds. The largest absolute Gasteiger partial charge is 0.493 e. The molecule has 0 aliphatic rings. The fraction of sp³-hybridized carbons (Fsp3) is 0.385. The SMILES string of the molecule is COc1cccc(C(=O)OO[CH]C(C)C)c1OC. The molecule has 5 nitrogen and oxygen atoms in total. The summed E-state index contributed by atoms with van der Waals surface area (Å²) in [5, 5.41) is 0. The highest BCUT2D eigenvalue weighted by Gasteiger charge is 2.18. The van der Waals surface area contributed by atoms with Crippen LogP contribution in [0.5, 0.6) is 11.5 Å².